The fraction of sp³-hybridized carbons (Fsp3) is 0.400. The van der Waals surface area contributed by atoms with Gasteiger partial charge in [0.2, 0.25) is 0 Å². The first-order valence-electron chi connectivity index (χ1n) is 4.72. The first kappa shape index (κ1) is 11.3. The molecule has 6 heteroatoms. The molecule has 0 radical (unpaired) electrons. The largest absolute Gasteiger partial charge is 0.417 e. The summed E-state index contributed by atoms with van der Waals surface area (Å²) in [6.45, 7) is 3.63. The number of aromatic nitrogens is 2. The molecule has 0 saturated carbocycles. The highest BCUT2D eigenvalue weighted by atomic mass is 32.1. The predicted octanol–water partition coefficient (Wildman–Crippen LogP) is 3.83. The summed E-state index contributed by atoms with van der Waals surface area (Å²) < 4.78 is 42.1. The fourth-order valence-electron chi connectivity index (χ4n) is 1.40. The first-order valence-corrected chi connectivity index (χ1v) is 5.49. The van der Waals surface area contributed by atoms with E-state index in [2.05, 4.69) is 9.36 Å². The van der Waals surface area contributed by atoms with Gasteiger partial charge in [-0.15, -0.1) is 0 Å². The molecule has 2 heterocycles. The average molecular weight is 246 g/mol. The highest BCUT2D eigenvalue weighted by Gasteiger charge is 2.34. The van der Waals surface area contributed by atoms with E-state index < -0.39 is 11.7 Å². The van der Waals surface area contributed by atoms with Crippen molar-refractivity contribution in [3.8, 4) is 0 Å². The van der Waals surface area contributed by atoms with Crippen molar-refractivity contribution >= 4 is 21.7 Å². The third-order valence-electron chi connectivity index (χ3n) is 2.26. The van der Waals surface area contributed by atoms with Crippen molar-refractivity contribution in [2.75, 3.05) is 0 Å². The topological polar surface area (TPSA) is 25.8 Å². The van der Waals surface area contributed by atoms with E-state index in [1.54, 1.807) is 0 Å². The van der Waals surface area contributed by atoms with Crippen LogP contribution in [0.25, 0.3) is 10.2 Å². The van der Waals surface area contributed by atoms with Crippen molar-refractivity contribution in [1.29, 1.82) is 0 Å². The van der Waals surface area contributed by atoms with Gasteiger partial charge >= 0.3 is 6.18 Å². The van der Waals surface area contributed by atoms with Crippen molar-refractivity contribution in [3.63, 3.8) is 0 Å². The minimum absolute atomic E-state index is 0.0346. The summed E-state index contributed by atoms with van der Waals surface area (Å²) >= 11 is 0.988. The molecule has 0 unspecified atom stereocenters. The molecule has 2 aromatic rings. The Labute approximate surface area is 94.3 Å². The molecule has 0 aromatic carbocycles. The van der Waals surface area contributed by atoms with Crippen LogP contribution < -0.4 is 0 Å². The Morgan fingerprint density at radius 1 is 1.31 bits per heavy atom. The Kier molecular flexibility index (Phi) is 2.61. The summed E-state index contributed by atoms with van der Waals surface area (Å²) in [6, 6.07) is 1.11. The van der Waals surface area contributed by atoms with Gasteiger partial charge in [-0.1, -0.05) is 13.8 Å². The van der Waals surface area contributed by atoms with Gasteiger partial charge in [0.15, 0.2) is 0 Å². The minimum Gasteiger partial charge on any atom is -0.240 e. The van der Waals surface area contributed by atoms with Gasteiger partial charge in [-0.3, -0.25) is 0 Å². The van der Waals surface area contributed by atoms with Gasteiger partial charge in [0.1, 0.15) is 4.83 Å². The van der Waals surface area contributed by atoms with Gasteiger partial charge in [0.05, 0.1) is 11.8 Å². The summed E-state index contributed by atoms with van der Waals surface area (Å²) in [4.78, 5) is 4.51. The maximum Gasteiger partial charge on any atom is 0.417 e. The van der Waals surface area contributed by atoms with E-state index in [1.165, 1.54) is 6.20 Å². The minimum atomic E-state index is -4.35. The molecule has 0 amide bonds. The third kappa shape index (κ3) is 1.89. The molecule has 2 rings (SSSR count). The molecule has 0 atom stereocenters. The zero-order valence-electron chi connectivity index (χ0n) is 8.67. The summed E-state index contributed by atoms with van der Waals surface area (Å²) in [5, 5.41) is 0.0851. The van der Waals surface area contributed by atoms with Crippen LogP contribution in [0.15, 0.2) is 12.3 Å². The summed E-state index contributed by atoms with van der Waals surface area (Å²) in [5.74, 6) is -0.0346. The van der Waals surface area contributed by atoms with Gasteiger partial charge in [-0.2, -0.15) is 17.5 Å². The van der Waals surface area contributed by atoms with Gasteiger partial charge in [-0.25, -0.2) is 4.98 Å². The first-order chi connectivity index (χ1) is 7.39. The Balaban J connectivity index is 2.74. The van der Waals surface area contributed by atoms with Crippen molar-refractivity contribution in [1.82, 2.24) is 9.36 Å². The molecule has 0 aliphatic carbocycles. The lowest BCUT2D eigenvalue weighted by atomic mass is 10.1. The van der Waals surface area contributed by atoms with Gasteiger partial charge in [0, 0.05) is 11.1 Å². The third-order valence-corrected chi connectivity index (χ3v) is 2.96. The molecule has 0 saturated heterocycles. The SMILES string of the molecule is CC(C)c1cc(C(F)(F)F)c2cnsc2n1. The zero-order chi connectivity index (χ0) is 11.9. The van der Waals surface area contributed by atoms with E-state index in [-0.39, 0.29) is 11.3 Å². The lowest BCUT2D eigenvalue weighted by Gasteiger charge is -2.11. The van der Waals surface area contributed by atoms with Gasteiger partial charge in [-0.05, 0) is 23.5 Å². The lowest BCUT2D eigenvalue weighted by Crippen LogP contribution is -2.07. The Morgan fingerprint density at radius 2 is 2.00 bits per heavy atom. The van der Waals surface area contributed by atoms with Crippen molar-refractivity contribution < 1.29 is 13.2 Å². The predicted molar refractivity (Wildman–Crippen MR) is 56.5 cm³/mol. The smallest absolute Gasteiger partial charge is 0.240 e. The number of fused-ring (bicyclic) bond motifs is 1. The second-order valence-corrected chi connectivity index (χ2v) is 4.57. The number of rotatable bonds is 1. The van der Waals surface area contributed by atoms with Crippen LogP contribution in [0.4, 0.5) is 13.2 Å². The standard InChI is InChI=1S/C10H9F3N2S/c1-5(2)8-3-7(10(11,12)13)6-4-14-16-9(6)15-8/h3-5H,1-2H3. The van der Waals surface area contributed by atoms with E-state index >= 15 is 0 Å². The fourth-order valence-corrected chi connectivity index (χ4v) is 2.07. The second kappa shape index (κ2) is 3.69. The van der Waals surface area contributed by atoms with Gasteiger partial charge < -0.3 is 0 Å². The van der Waals surface area contributed by atoms with Crippen LogP contribution in [0.5, 0.6) is 0 Å². The molecule has 86 valence electrons. The van der Waals surface area contributed by atoms with E-state index in [1.807, 2.05) is 13.8 Å². The van der Waals surface area contributed by atoms with Crippen LogP contribution in [-0.2, 0) is 6.18 Å². The van der Waals surface area contributed by atoms with Crippen LogP contribution >= 0.6 is 11.5 Å². The number of hydrogen-bond donors (Lipinski definition) is 0. The molecule has 0 aliphatic heterocycles. The van der Waals surface area contributed by atoms with Crippen LogP contribution in [0.1, 0.15) is 31.0 Å². The molecular formula is C10H9F3N2S. The van der Waals surface area contributed by atoms with Crippen LogP contribution in [0, 0.1) is 0 Å². The Morgan fingerprint density at radius 3 is 2.56 bits per heavy atom. The average Bonchev–Trinajstić information content (AvgIpc) is 2.61. The molecule has 2 nitrogen and oxygen atoms in total. The number of pyridine rings is 1. The maximum atomic E-state index is 12.8. The molecule has 0 aliphatic rings. The van der Waals surface area contributed by atoms with Crippen molar-refractivity contribution in [2.24, 2.45) is 0 Å². The summed E-state index contributed by atoms with van der Waals surface area (Å²) in [6.07, 6.45) is -3.13. The van der Waals surface area contributed by atoms with E-state index in [9.17, 15) is 13.2 Å². The van der Waals surface area contributed by atoms with E-state index in [4.69, 9.17) is 0 Å². The zero-order valence-corrected chi connectivity index (χ0v) is 9.49. The Bertz CT molecular complexity index is 516. The van der Waals surface area contributed by atoms with Crippen LogP contribution in [0.2, 0.25) is 0 Å². The van der Waals surface area contributed by atoms with Crippen LogP contribution in [-0.4, -0.2) is 9.36 Å². The van der Waals surface area contributed by atoms with Crippen molar-refractivity contribution in [3.05, 3.63) is 23.5 Å². The molecule has 0 N–H and O–H groups in total. The molecular weight excluding hydrogens is 237 g/mol. The van der Waals surface area contributed by atoms with E-state index in [0.29, 0.717) is 10.5 Å². The number of hydrogen-bond acceptors (Lipinski definition) is 3. The maximum absolute atomic E-state index is 12.8. The molecule has 0 spiro atoms. The second-order valence-electron chi connectivity index (χ2n) is 3.79. The monoisotopic (exact) mass is 246 g/mol. The summed E-state index contributed by atoms with van der Waals surface area (Å²) in [7, 11) is 0. The summed E-state index contributed by atoms with van der Waals surface area (Å²) in [5.41, 5.74) is -0.195. The molecule has 0 bridgehead atoms. The molecule has 2 aromatic heterocycles. The highest BCUT2D eigenvalue weighted by Crippen LogP contribution is 2.36. The number of alkyl halides is 3. The van der Waals surface area contributed by atoms with Crippen LogP contribution in [0.3, 0.4) is 0 Å². The lowest BCUT2D eigenvalue weighted by molar-refractivity contribution is -0.136. The van der Waals surface area contributed by atoms with E-state index in [0.717, 1.165) is 17.6 Å². The van der Waals surface area contributed by atoms with Gasteiger partial charge in [0.25, 0.3) is 0 Å². The number of nitrogens with zero attached hydrogens (tertiary/aromatic N) is 2. The normalized spacial score (nSPS) is 12.6. The molecule has 16 heavy (non-hydrogen) atoms. The molecule has 0 fully saturated rings. The van der Waals surface area contributed by atoms with Crippen molar-refractivity contribution in [2.45, 2.75) is 25.9 Å². The highest BCUT2D eigenvalue weighted by molar-refractivity contribution is 7.12. The quantitative estimate of drug-likeness (QED) is 0.764. The Hall–Kier alpha value is -1.17. The number of halogens is 3.